The number of carbonyl (C=O) groups is 2. The molecule has 216 valence electrons. The first kappa shape index (κ1) is 28.0. The lowest BCUT2D eigenvalue weighted by Crippen LogP contribution is -2.49. The quantitative estimate of drug-likeness (QED) is 0.494. The van der Waals surface area contributed by atoms with Gasteiger partial charge in [-0.15, -0.1) is 0 Å². The highest BCUT2D eigenvalue weighted by Gasteiger charge is 2.49. The molecule has 12 heteroatoms. The number of aromatic nitrogens is 2. The van der Waals surface area contributed by atoms with Gasteiger partial charge in [-0.3, -0.25) is 9.59 Å². The molecule has 0 unspecified atom stereocenters. The average molecular weight is 559 g/mol. The number of hydrogen-bond acceptors (Lipinski definition) is 8. The summed E-state index contributed by atoms with van der Waals surface area (Å²) in [7, 11) is 1.50. The molecule has 1 aromatic heterocycles. The van der Waals surface area contributed by atoms with E-state index in [1.807, 2.05) is 6.92 Å². The third-order valence-corrected chi connectivity index (χ3v) is 7.72. The van der Waals surface area contributed by atoms with Crippen LogP contribution in [0.15, 0.2) is 24.4 Å². The van der Waals surface area contributed by atoms with Crippen LogP contribution in [0.4, 0.5) is 31.9 Å². The molecule has 3 aliphatic rings. The van der Waals surface area contributed by atoms with Gasteiger partial charge in [-0.2, -0.15) is 13.8 Å². The SMILES string of the molecule is CCCN1C(=O)C(F)(F)CN(C2CCCC2)c2nc(Nc3ccc(C(=O)NC4CCOCC4)cc3OC)ncc21. The van der Waals surface area contributed by atoms with Crippen molar-refractivity contribution in [3.63, 3.8) is 0 Å². The highest BCUT2D eigenvalue weighted by Crippen LogP contribution is 2.40. The molecule has 40 heavy (non-hydrogen) atoms. The summed E-state index contributed by atoms with van der Waals surface area (Å²) in [6, 6.07) is 4.93. The predicted octanol–water partition coefficient (Wildman–Crippen LogP) is 4.28. The highest BCUT2D eigenvalue weighted by atomic mass is 19.3. The minimum atomic E-state index is -3.55. The number of nitrogens with one attached hydrogen (secondary N) is 2. The average Bonchev–Trinajstić information content (AvgIpc) is 3.48. The van der Waals surface area contributed by atoms with Crippen LogP contribution in [0.1, 0.15) is 62.2 Å². The van der Waals surface area contributed by atoms with E-state index in [2.05, 4.69) is 20.6 Å². The Morgan fingerprint density at radius 3 is 2.65 bits per heavy atom. The van der Waals surface area contributed by atoms with E-state index in [-0.39, 0.29) is 36.2 Å². The normalized spacial score (nSPS) is 19.8. The zero-order chi connectivity index (χ0) is 28.3. The maximum absolute atomic E-state index is 15.1. The van der Waals surface area contributed by atoms with Gasteiger partial charge in [0.05, 0.1) is 25.5 Å². The minimum absolute atomic E-state index is 0.0624. The fourth-order valence-electron chi connectivity index (χ4n) is 5.62. The van der Waals surface area contributed by atoms with Gasteiger partial charge in [-0.1, -0.05) is 19.8 Å². The molecule has 0 atom stereocenters. The number of halogens is 2. The molecular formula is C28H36F2N6O4. The van der Waals surface area contributed by atoms with Crippen LogP contribution in [0.3, 0.4) is 0 Å². The molecule has 0 bridgehead atoms. The summed E-state index contributed by atoms with van der Waals surface area (Å²) in [6.45, 7) is 2.50. The van der Waals surface area contributed by atoms with Crippen LogP contribution in [0.5, 0.6) is 5.75 Å². The van der Waals surface area contributed by atoms with E-state index in [0.717, 1.165) is 43.4 Å². The lowest BCUT2D eigenvalue weighted by molar-refractivity contribution is -0.141. The molecule has 2 N–H and O–H groups in total. The Morgan fingerprint density at radius 1 is 1.20 bits per heavy atom. The lowest BCUT2D eigenvalue weighted by atomic mass is 10.1. The first-order chi connectivity index (χ1) is 19.3. The molecular weight excluding hydrogens is 522 g/mol. The van der Waals surface area contributed by atoms with E-state index in [1.165, 1.54) is 13.3 Å². The van der Waals surface area contributed by atoms with Gasteiger partial charge in [0.15, 0.2) is 5.82 Å². The number of nitrogens with zero attached hydrogens (tertiary/aromatic N) is 4. The van der Waals surface area contributed by atoms with E-state index in [1.54, 1.807) is 23.1 Å². The van der Waals surface area contributed by atoms with Gasteiger partial charge in [0.1, 0.15) is 11.4 Å². The number of methoxy groups -OCH3 is 1. The molecule has 0 spiro atoms. The van der Waals surface area contributed by atoms with E-state index >= 15 is 8.78 Å². The van der Waals surface area contributed by atoms with Crippen LogP contribution < -0.4 is 25.2 Å². The zero-order valence-corrected chi connectivity index (χ0v) is 22.9. The van der Waals surface area contributed by atoms with Gasteiger partial charge in [-0.25, -0.2) is 4.98 Å². The van der Waals surface area contributed by atoms with Gasteiger partial charge in [0, 0.05) is 37.4 Å². The summed E-state index contributed by atoms with van der Waals surface area (Å²) >= 11 is 0. The van der Waals surface area contributed by atoms with Crippen molar-refractivity contribution in [3.8, 4) is 5.75 Å². The van der Waals surface area contributed by atoms with Crippen LogP contribution in [0.2, 0.25) is 0 Å². The summed E-state index contributed by atoms with van der Waals surface area (Å²) in [5.74, 6) is -4.08. The number of ether oxygens (including phenoxy) is 2. The summed E-state index contributed by atoms with van der Waals surface area (Å²) < 4.78 is 41.2. The third-order valence-electron chi connectivity index (χ3n) is 7.72. The van der Waals surface area contributed by atoms with Crippen LogP contribution >= 0.6 is 0 Å². The van der Waals surface area contributed by atoms with E-state index in [0.29, 0.717) is 42.5 Å². The summed E-state index contributed by atoms with van der Waals surface area (Å²) in [6.07, 6.45) is 6.88. The molecule has 2 aromatic rings. The lowest BCUT2D eigenvalue weighted by Gasteiger charge is -2.31. The van der Waals surface area contributed by atoms with Gasteiger partial charge in [0.25, 0.3) is 11.8 Å². The Kier molecular flexibility index (Phi) is 8.34. The Morgan fingerprint density at radius 2 is 1.95 bits per heavy atom. The zero-order valence-electron chi connectivity index (χ0n) is 22.9. The first-order valence-electron chi connectivity index (χ1n) is 14.0. The van der Waals surface area contributed by atoms with Crippen molar-refractivity contribution < 1.29 is 27.8 Å². The number of hydrogen-bond donors (Lipinski definition) is 2. The molecule has 2 fully saturated rings. The fourth-order valence-corrected chi connectivity index (χ4v) is 5.62. The number of benzene rings is 1. The van der Waals surface area contributed by atoms with Crippen LogP contribution in [0, 0.1) is 0 Å². The maximum atomic E-state index is 15.1. The minimum Gasteiger partial charge on any atom is -0.495 e. The largest absolute Gasteiger partial charge is 0.495 e. The molecule has 1 aliphatic carbocycles. The topological polar surface area (TPSA) is 109 Å². The highest BCUT2D eigenvalue weighted by molar-refractivity contribution is 6.02. The van der Waals surface area contributed by atoms with Crippen molar-refractivity contribution in [3.05, 3.63) is 30.0 Å². The Labute approximate surface area is 232 Å². The molecule has 2 amide bonds. The van der Waals surface area contributed by atoms with Gasteiger partial charge in [-0.05, 0) is 50.3 Å². The number of fused-ring (bicyclic) bond motifs is 1. The second kappa shape index (κ2) is 11.9. The summed E-state index contributed by atoms with van der Waals surface area (Å²) in [5, 5.41) is 6.15. The van der Waals surface area contributed by atoms with Crippen LogP contribution in [-0.2, 0) is 9.53 Å². The number of rotatable bonds is 8. The number of carbonyl (C=O) groups excluding carboxylic acids is 2. The van der Waals surface area contributed by atoms with E-state index in [4.69, 9.17) is 9.47 Å². The first-order valence-corrected chi connectivity index (χ1v) is 14.0. The molecule has 1 aromatic carbocycles. The maximum Gasteiger partial charge on any atom is 0.342 e. The third kappa shape index (κ3) is 5.81. The van der Waals surface area contributed by atoms with Crippen molar-refractivity contribution in [1.29, 1.82) is 0 Å². The number of anilines is 4. The van der Waals surface area contributed by atoms with Gasteiger partial charge < -0.3 is 29.9 Å². The number of alkyl halides is 2. The molecule has 10 nitrogen and oxygen atoms in total. The second-order valence-electron chi connectivity index (χ2n) is 10.5. The Hall–Kier alpha value is -3.54. The van der Waals surface area contributed by atoms with Crippen molar-refractivity contribution in [2.24, 2.45) is 0 Å². The van der Waals surface area contributed by atoms with Crippen molar-refractivity contribution in [2.75, 3.05) is 48.5 Å². The van der Waals surface area contributed by atoms with E-state index in [9.17, 15) is 9.59 Å². The van der Waals surface area contributed by atoms with Crippen LogP contribution in [0.25, 0.3) is 0 Å². The van der Waals surface area contributed by atoms with Gasteiger partial charge >= 0.3 is 5.92 Å². The molecule has 2 aliphatic heterocycles. The molecule has 1 saturated heterocycles. The molecule has 3 heterocycles. The summed E-state index contributed by atoms with van der Waals surface area (Å²) in [4.78, 5) is 37.4. The molecule has 0 radical (unpaired) electrons. The van der Waals surface area contributed by atoms with Crippen LogP contribution in [-0.4, -0.2) is 73.2 Å². The molecule has 1 saturated carbocycles. The molecule has 5 rings (SSSR count). The Bertz CT molecular complexity index is 1230. The van der Waals surface area contributed by atoms with Crippen molar-refractivity contribution in [1.82, 2.24) is 15.3 Å². The second-order valence-corrected chi connectivity index (χ2v) is 10.5. The fraction of sp³-hybridized carbons (Fsp3) is 0.571. The van der Waals surface area contributed by atoms with Crippen molar-refractivity contribution in [2.45, 2.75) is 69.9 Å². The Balaban J connectivity index is 1.43. The summed E-state index contributed by atoms with van der Waals surface area (Å²) in [5.41, 5.74) is 1.24. The smallest absolute Gasteiger partial charge is 0.342 e. The monoisotopic (exact) mass is 558 g/mol. The predicted molar refractivity (Wildman–Crippen MR) is 147 cm³/mol. The van der Waals surface area contributed by atoms with Gasteiger partial charge in [0.2, 0.25) is 5.95 Å². The standard InChI is InChI=1S/C28H36F2N6O4/c1-3-12-35-22-16-31-27(34-24(22)36(20-6-4-5-7-20)17-28(29,30)26(35)38)33-21-9-8-18(15-23(21)39-2)25(37)32-19-10-13-40-14-11-19/h8-9,15-16,19-20H,3-7,10-14,17H2,1-2H3,(H,32,37)(H,31,33,34). The van der Waals surface area contributed by atoms with Crippen molar-refractivity contribution >= 4 is 35.0 Å². The number of amides is 2. The van der Waals surface area contributed by atoms with E-state index < -0.39 is 18.4 Å².